The first-order valence-corrected chi connectivity index (χ1v) is 10.1. The second-order valence-electron chi connectivity index (χ2n) is 7.93. The Balaban J connectivity index is 1.79. The van der Waals surface area contributed by atoms with E-state index in [9.17, 15) is 19.7 Å². The molecule has 0 spiro atoms. The number of nitrogens with one attached hydrogen (secondary N) is 1. The minimum atomic E-state index is -0.646. The summed E-state index contributed by atoms with van der Waals surface area (Å²) in [4.78, 5) is 36.8. The first-order chi connectivity index (χ1) is 14.0. The first kappa shape index (κ1) is 19.4. The van der Waals surface area contributed by atoms with Gasteiger partial charge in [-0.1, -0.05) is 12.1 Å². The van der Waals surface area contributed by atoms with E-state index in [0.29, 0.717) is 28.8 Å². The van der Waals surface area contributed by atoms with Crippen molar-refractivity contribution in [1.29, 1.82) is 0 Å². The molecule has 1 unspecified atom stereocenters. The smallest absolute Gasteiger partial charge is 0.337 e. The van der Waals surface area contributed by atoms with Crippen LogP contribution in [0.1, 0.15) is 63.4 Å². The van der Waals surface area contributed by atoms with Crippen molar-refractivity contribution < 1.29 is 19.2 Å². The highest BCUT2D eigenvalue weighted by molar-refractivity contribution is 6.03. The number of hydrogen-bond donors (Lipinski definition) is 1. The third-order valence-corrected chi connectivity index (χ3v) is 5.99. The number of nitrogens with zero attached hydrogens (tertiary/aromatic N) is 1. The quantitative estimate of drug-likeness (QED) is 0.468. The topological polar surface area (TPSA) is 98.5 Å². The highest BCUT2D eigenvalue weighted by Gasteiger charge is 2.40. The SMILES string of the molecule is CC1=C(C(=O)OC2CCCC2)C(c2cccc([N+](=O)[O-])c2)C2=C(CCCC2=O)N1. The van der Waals surface area contributed by atoms with Crippen LogP contribution < -0.4 is 5.32 Å². The zero-order chi connectivity index (χ0) is 20.5. The van der Waals surface area contributed by atoms with Gasteiger partial charge in [0.15, 0.2) is 5.78 Å². The van der Waals surface area contributed by atoms with Crippen molar-refractivity contribution in [2.75, 3.05) is 0 Å². The zero-order valence-corrected chi connectivity index (χ0v) is 16.4. The maximum absolute atomic E-state index is 13.2. The molecule has 3 aliphatic rings. The van der Waals surface area contributed by atoms with Gasteiger partial charge in [0, 0.05) is 41.4 Å². The van der Waals surface area contributed by atoms with Gasteiger partial charge in [0.25, 0.3) is 5.69 Å². The molecule has 29 heavy (non-hydrogen) atoms. The Hall–Kier alpha value is -2.96. The summed E-state index contributed by atoms with van der Waals surface area (Å²) in [5, 5.41) is 14.5. The van der Waals surface area contributed by atoms with E-state index in [1.54, 1.807) is 19.1 Å². The van der Waals surface area contributed by atoms with Crippen molar-refractivity contribution in [3.63, 3.8) is 0 Å². The van der Waals surface area contributed by atoms with Crippen LogP contribution in [-0.2, 0) is 14.3 Å². The van der Waals surface area contributed by atoms with Gasteiger partial charge in [-0.25, -0.2) is 4.79 Å². The average molecular weight is 396 g/mol. The Morgan fingerprint density at radius 1 is 1.21 bits per heavy atom. The monoisotopic (exact) mass is 396 g/mol. The van der Waals surface area contributed by atoms with Gasteiger partial charge in [0.2, 0.25) is 0 Å². The van der Waals surface area contributed by atoms with E-state index in [-0.39, 0.29) is 17.6 Å². The minimum absolute atomic E-state index is 0.0195. The maximum Gasteiger partial charge on any atom is 0.337 e. The van der Waals surface area contributed by atoms with Crippen molar-refractivity contribution in [3.8, 4) is 0 Å². The standard InChI is InChI=1S/C22H24N2O5/c1-13-19(22(26)29-16-8-2-3-9-16)20(14-6-4-7-15(12-14)24(27)28)21-17(23-13)10-5-11-18(21)25/h4,6-7,12,16,20,23H,2-3,5,8-11H2,1H3. The summed E-state index contributed by atoms with van der Waals surface area (Å²) in [6.07, 6.45) is 5.55. The van der Waals surface area contributed by atoms with Crippen molar-refractivity contribution in [1.82, 2.24) is 5.32 Å². The maximum atomic E-state index is 13.2. The molecule has 1 aliphatic heterocycles. The fraction of sp³-hybridized carbons (Fsp3) is 0.455. The summed E-state index contributed by atoms with van der Waals surface area (Å²) in [5.41, 5.74) is 2.89. The number of benzene rings is 1. The summed E-state index contributed by atoms with van der Waals surface area (Å²) in [6, 6.07) is 6.21. The number of nitro benzene ring substituents is 1. The number of non-ortho nitro benzene ring substituents is 1. The van der Waals surface area contributed by atoms with Crippen LogP contribution in [0.3, 0.4) is 0 Å². The molecule has 7 nitrogen and oxygen atoms in total. The highest BCUT2D eigenvalue weighted by Crippen LogP contribution is 2.43. The van der Waals surface area contributed by atoms with E-state index >= 15 is 0 Å². The summed E-state index contributed by atoms with van der Waals surface area (Å²) in [7, 11) is 0. The largest absolute Gasteiger partial charge is 0.459 e. The molecule has 152 valence electrons. The van der Waals surface area contributed by atoms with Crippen LogP contribution in [-0.4, -0.2) is 22.8 Å². The molecule has 0 saturated heterocycles. The van der Waals surface area contributed by atoms with Crippen molar-refractivity contribution in [2.45, 2.75) is 63.9 Å². The lowest BCUT2D eigenvalue weighted by Crippen LogP contribution is -2.35. The van der Waals surface area contributed by atoms with Crippen LogP contribution in [0.4, 0.5) is 5.69 Å². The Morgan fingerprint density at radius 3 is 2.69 bits per heavy atom. The number of ketones is 1. The van der Waals surface area contributed by atoms with Gasteiger partial charge in [-0.3, -0.25) is 14.9 Å². The molecule has 7 heteroatoms. The zero-order valence-electron chi connectivity index (χ0n) is 16.4. The normalized spacial score (nSPS) is 22.4. The van der Waals surface area contributed by atoms with Crippen LogP contribution in [0.25, 0.3) is 0 Å². The number of carbonyl (C=O) groups is 2. The fourth-order valence-electron chi connectivity index (χ4n) is 4.63. The summed E-state index contributed by atoms with van der Waals surface area (Å²) in [5.74, 6) is -1.11. The third kappa shape index (κ3) is 3.69. The summed E-state index contributed by atoms with van der Waals surface area (Å²) >= 11 is 0. The van der Waals surface area contributed by atoms with E-state index < -0.39 is 16.8 Å². The van der Waals surface area contributed by atoms with E-state index in [2.05, 4.69) is 5.32 Å². The van der Waals surface area contributed by atoms with Crippen molar-refractivity contribution in [2.24, 2.45) is 0 Å². The molecular formula is C22H24N2O5. The molecule has 0 aromatic heterocycles. The molecule has 0 amide bonds. The predicted octanol–water partition coefficient (Wildman–Crippen LogP) is 4.05. The number of hydrogen-bond acceptors (Lipinski definition) is 6. The molecule has 1 heterocycles. The number of esters is 1. The molecule has 1 fully saturated rings. The van der Waals surface area contributed by atoms with Crippen molar-refractivity contribution >= 4 is 17.4 Å². The van der Waals surface area contributed by atoms with Crippen LogP contribution in [0, 0.1) is 10.1 Å². The van der Waals surface area contributed by atoms with Gasteiger partial charge in [-0.15, -0.1) is 0 Å². The minimum Gasteiger partial charge on any atom is -0.459 e. The van der Waals surface area contributed by atoms with Gasteiger partial charge in [0.05, 0.1) is 10.5 Å². The molecule has 1 aromatic rings. The number of nitro groups is 1. The second kappa shape index (κ2) is 7.81. The average Bonchev–Trinajstić information content (AvgIpc) is 3.20. The molecule has 1 atom stereocenters. The number of dihydropyridines is 1. The molecule has 4 rings (SSSR count). The molecule has 0 bridgehead atoms. The Kier molecular flexibility index (Phi) is 5.22. The lowest BCUT2D eigenvalue weighted by Gasteiger charge is -2.34. The molecule has 1 aromatic carbocycles. The van der Waals surface area contributed by atoms with E-state index in [1.165, 1.54) is 12.1 Å². The summed E-state index contributed by atoms with van der Waals surface area (Å²) < 4.78 is 5.76. The van der Waals surface area contributed by atoms with Gasteiger partial charge in [0.1, 0.15) is 6.10 Å². The second-order valence-corrected chi connectivity index (χ2v) is 7.93. The van der Waals surface area contributed by atoms with Gasteiger partial charge in [-0.05, 0) is 51.0 Å². The number of rotatable bonds is 4. The number of allylic oxidation sites excluding steroid dienone is 3. The van der Waals surface area contributed by atoms with Crippen LogP contribution in [0.15, 0.2) is 46.8 Å². The van der Waals surface area contributed by atoms with E-state index in [0.717, 1.165) is 44.2 Å². The van der Waals surface area contributed by atoms with E-state index in [4.69, 9.17) is 4.74 Å². The Morgan fingerprint density at radius 2 is 1.97 bits per heavy atom. The number of carbonyl (C=O) groups excluding carboxylic acids is 2. The van der Waals surface area contributed by atoms with Gasteiger partial charge < -0.3 is 10.1 Å². The fourth-order valence-corrected chi connectivity index (χ4v) is 4.63. The van der Waals surface area contributed by atoms with Gasteiger partial charge >= 0.3 is 5.97 Å². The van der Waals surface area contributed by atoms with E-state index in [1.807, 2.05) is 0 Å². The lowest BCUT2D eigenvalue weighted by atomic mass is 9.75. The van der Waals surface area contributed by atoms with Gasteiger partial charge in [-0.2, -0.15) is 0 Å². The third-order valence-electron chi connectivity index (χ3n) is 5.99. The molecule has 1 N–H and O–H groups in total. The summed E-state index contributed by atoms with van der Waals surface area (Å²) in [6.45, 7) is 1.80. The lowest BCUT2D eigenvalue weighted by molar-refractivity contribution is -0.384. The Bertz CT molecular complexity index is 940. The Labute approximate surface area is 169 Å². The highest BCUT2D eigenvalue weighted by atomic mass is 16.6. The number of Topliss-reactive ketones (excluding diaryl/α,β-unsaturated/α-hetero) is 1. The molecular weight excluding hydrogens is 372 g/mol. The first-order valence-electron chi connectivity index (χ1n) is 10.1. The molecule has 0 radical (unpaired) electrons. The van der Waals surface area contributed by atoms with Crippen LogP contribution in [0.5, 0.6) is 0 Å². The van der Waals surface area contributed by atoms with Crippen molar-refractivity contribution in [3.05, 3.63) is 62.5 Å². The molecule has 1 saturated carbocycles. The molecule has 2 aliphatic carbocycles. The van der Waals surface area contributed by atoms with Crippen LogP contribution >= 0.6 is 0 Å². The number of ether oxygens (including phenoxy) is 1. The van der Waals surface area contributed by atoms with Crippen LogP contribution in [0.2, 0.25) is 0 Å². The predicted molar refractivity (Wildman–Crippen MR) is 106 cm³/mol.